The zero-order valence-electron chi connectivity index (χ0n) is 10.4. The Morgan fingerprint density at radius 1 is 1.12 bits per heavy atom. The van der Waals surface area contributed by atoms with Gasteiger partial charge in [0.05, 0.1) is 11.7 Å². The minimum Gasteiger partial charge on any atom is -0.367 e. The molecular weight excluding hydrogens is 311 g/mol. The first-order valence-electron chi connectivity index (χ1n) is 5.75. The monoisotopic (exact) mass is 330 g/mol. The average molecular weight is 330 g/mol. The number of rotatable bonds is 1. The topological polar surface area (TPSA) is 9.23 Å². The van der Waals surface area contributed by atoms with Gasteiger partial charge in [-0.2, -0.15) is 0 Å². The minimum atomic E-state index is -0.0410. The Bertz CT molecular complexity index is 362. The SMILES string of the molecule is CC1(C)CC(c2ccc(I)cc2)OC1(C)C. The van der Waals surface area contributed by atoms with Crippen LogP contribution in [-0.4, -0.2) is 5.60 Å². The predicted molar refractivity (Wildman–Crippen MR) is 75.5 cm³/mol. The van der Waals surface area contributed by atoms with Gasteiger partial charge in [0, 0.05) is 3.57 Å². The van der Waals surface area contributed by atoms with Gasteiger partial charge in [0.15, 0.2) is 0 Å². The fraction of sp³-hybridized carbons (Fsp3) is 0.571. The highest BCUT2D eigenvalue weighted by atomic mass is 127. The average Bonchev–Trinajstić information content (AvgIpc) is 2.37. The van der Waals surface area contributed by atoms with Crippen molar-refractivity contribution < 1.29 is 4.74 Å². The van der Waals surface area contributed by atoms with Gasteiger partial charge in [-0.25, -0.2) is 0 Å². The number of halogens is 1. The molecule has 2 rings (SSSR count). The summed E-state index contributed by atoms with van der Waals surface area (Å²) >= 11 is 2.33. The van der Waals surface area contributed by atoms with E-state index in [-0.39, 0.29) is 17.1 Å². The van der Waals surface area contributed by atoms with Crippen LogP contribution in [0.25, 0.3) is 0 Å². The van der Waals surface area contributed by atoms with Crippen molar-refractivity contribution in [3.8, 4) is 0 Å². The van der Waals surface area contributed by atoms with Crippen LogP contribution in [0.4, 0.5) is 0 Å². The lowest BCUT2D eigenvalue weighted by atomic mass is 9.76. The number of ether oxygens (including phenoxy) is 1. The van der Waals surface area contributed by atoms with Gasteiger partial charge in [-0.15, -0.1) is 0 Å². The lowest BCUT2D eigenvalue weighted by molar-refractivity contribution is -0.0523. The van der Waals surface area contributed by atoms with E-state index in [1.807, 2.05) is 0 Å². The van der Waals surface area contributed by atoms with E-state index in [9.17, 15) is 0 Å². The van der Waals surface area contributed by atoms with Crippen molar-refractivity contribution in [1.82, 2.24) is 0 Å². The molecule has 1 unspecified atom stereocenters. The van der Waals surface area contributed by atoms with E-state index in [2.05, 4.69) is 74.6 Å². The molecule has 1 aromatic rings. The van der Waals surface area contributed by atoms with Crippen LogP contribution >= 0.6 is 22.6 Å². The Kier molecular flexibility index (Phi) is 3.08. The Morgan fingerprint density at radius 2 is 1.69 bits per heavy atom. The van der Waals surface area contributed by atoms with Crippen LogP contribution < -0.4 is 0 Å². The zero-order chi connectivity index (χ0) is 12.0. The number of hydrogen-bond donors (Lipinski definition) is 0. The molecule has 0 aromatic heterocycles. The summed E-state index contributed by atoms with van der Waals surface area (Å²) in [5.41, 5.74) is 1.50. The van der Waals surface area contributed by atoms with Crippen LogP contribution in [0.5, 0.6) is 0 Å². The van der Waals surface area contributed by atoms with Gasteiger partial charge in [0.2, 0.25) is 0 Å². The summed E-state index contributed by atoms with van der Waals surface area (Å²) in [5, 5.41) is 0. The van der Waals surface area contributed by atoms with Crippen LogP contribution in [0.1, 0.15) is 45.8 Å². The summed E-state index contributed by atoms with van der Waals surface area (Å²) in [6, 6.07) is 8.67. The van der Waals surface area contributed by atoms with Gasteiger partial charge < -0.3 is 4.74 Å². The zero-order valence-corrected chi connectivity index (χ0v) is 12.5. The summed E-state index contributed by atoms with van der Waals surface area (Å²) in [5.74, 6) is 0. The normalized spacial score (nSPS) is 26.9. The van der Waals surface area contributed by atoms with Crippen LogP contribution in [-0.2, 0) is 4.74 Å². The molecule has 0 aliphatic carbocycles. The highest BCUT2D eigenvalue weighted by molar-refractivity contribution is 14.1. The summed E-state index contributed by atoms with van der Waals surface area (Å²) < 4.78 is 7.46. The van der Waals surface area contributed by atoms with Crippen molar-refractivity contribution >= 4 is 22.6 Å². The van der Waals surface area contributed by atoms with Crippen molar-refractivity contribution in [2.24, 2.45) is 5.41 Å². The Balaban J connectivity index is 2.23. The molecule has 1 nitrogen and oxygen atoms in total. The predicted octanol–water partition coefficient (Wildman–Crippen LogP) is 4.56. The molecule has 2 heteroatoms. The maximum Gasteiger partial charge on any atom is 0.0838 e. The molecule has 1 aromatic carbocycles. The molecule has 1 aliphatic heterocycles. The lowest BCUT2D eigenvalue weighted by Crippen LogP contribution is -2.34. The van der Waals surface area contributed by atoms with Gasteiger partial charge in [0.1, 0.15) is 0 Å². The largest absolute Gasteiger partial charge is 0.367 e. The van der Waals surface area contributed by atoms with E-state index in [4.69, 9.17) is 4.74 Å². The van der Waals surface area contributed by atoms with Crippen LogP contribution in [0.3, 0.4) is 0 Å². The number of benzene rings is 1. The molecule has 0 radical (unpaired) electrons. The third-order valence-electron chi connectivity index (χ3n) is 4.00. The second kappa shape index (κ2) is 3.98. The number of hydrogen-bond acceptors (Lipinski definition) is 1. The summed E-state index contributed by atoms with van der Waals surface area (Å²) in [6.45, 7) is 8.97. The smallest absolute Gasteiger partial charge is 0.0838 e. The van der Waals surface area contributed by atoms with E-state index >= 15 is 0 Å². The summed E-state index contributed by atoms with van der Waals surface area (Å²) in [4.78, 5) is 0. The van der Waals surface area contributed by atoms with E-state index in [1.54, 1.807) is 0 Å². The van der Waals surface area contributed by atoms with Crippen molar-refractivity contribution in [3.05, 3.63) is 33.4 Å². The van der Waals surface area contributed by atoms with Crippen LogP contribution in [0.15, 0.2) is 24.3 Å². The molecule has 1 saturated heterocycles. The van der Waals surface area contributed by atoms with Crippen LogP contribution in [0, 0.1) is 8.99 Å². The standard InChI is InChI=1S/C14H19IO/c1-13(2)9-12(16-14(13,3)4)10-5-7-11(15)8-6-10/h5-8,12H,9H2,1-4H3. The Morgan fingerprint density at radius 3 is 2.12 bits per heavy atom. The third-order valence-corrected chi connectivity index (χ3v) is 4.72. The molecule has 0 amide bonds. The highest BCUT2D eigenvalue weighted by Gasteiger charge is 2.47. The molecule has 0 N–H and O–H groups in total. The Labute approximate surface area is 112 Å². The summed E-state index contributed by atoms with van der Waals surface area (Å²) in [6.07, 6.45) is 1.35. The van der Waals surface area contributed by atoms with E-state index in [1.165, 1.54) is 9.13 Å². The molecule has 1 fully saturated rings. The lowest BCUT2D eigenvalue weighted by Gasteiger charge is -2.32. The first kappa shape index (κ1) is 12.4. The fourth-order valence-electron chi connectivity index (χ4n) is 2.13. The maximum absolute atomic E-state index is 6.19. The van der Waals surface area contributed by atoms with Crippen molar-refractivity contribution in [2.75, 3.05) is 0 Å². The quantitative estimate of drug-likeness (QED) is 0.686. The minimum absolute atomic E-state index is 0.0410. The first-order valence-corrected chi connectivity index (χ1v) is 6.83. The van der Waals surface area contributed by atoms with E-state index in [0.29, 0.717) is 0 Å². The van der Waals surface area contributed by atoms with Crippen molar-refractivity contribution in [2.45, 2.75) is 45.8 Å². The highest BCUT2D eigenvalue weighted by Crippen LogP contribution is 2.51. The molecule has 1 aliphatic rings. The maximum atomic E-state index is 6.19. The van der Waals surface area contributed by atoms with E-state index < -0.39 is 0 Å². The van der Waals surface area contributed by atoms with Crippen molar-refractivity contribution in [3.63, 3.8) is 0 Å². The third kappa shape index (κ3) is 2.14. The van der Waals surface area contributed by atoms with Gasteiger partial charge in [-0.3, -0.25) is 0 Å². The molecule has 0 bridgehead atoms. The molecule has 88 valence electrons. The molecular formula is C14H19IO. The van der Waals surface area contributed by atoms with Gasteiger partial charge >= 0.3 is 0 Å². The fourth-order valence-corrected chi connectivity index (χ4v) is 2.49. The molecule has 0 spiro atoms. The first-order chi connectivity index (χ1) is 7.32. The van der Waals surface area contributed by atoms with Gasteiger partial charge in [-0.05, 0) is 66.0 Å². The molecule has 1 heterocycles. The van der Waals surface area contributed by atoms with Crippen molar-refractivity contribution in [1.29, 1.82) is 0 Å². The molecule has 1 atom stereocenters. The summed E-state index contributed by atoms with van der Waals surface area (Å²) in [7, 11) is 0. The van der Waals surface area contributed by atoms with Crippen LogP contribution in [0.2, 0.25) is 0 Å². The molecule has 16 heavy (non-hydrogen) atoms. The second-order valence-electron chi connectivity index (χ2n) is 5.76. The Hall–Kier alpha value is -0.0900. The van der Waals surface area contributed by atoms with Gasteiger partial charge in [-0.1, -0.05) is 26.0 Å². The molecule has 0 saturated carbocycles. The second-order valence-corrected chi connectivity index (χ2v) is 7.00. The van der Waals surface area contributed by atoms with Gasteiger partial charge in [0.25, 0.3) is 0 Å². The van der Waals surface area contributed by atoms with E-state index in [0.717, 1.165) is 6.42 Å².